The third kappa shape index (κ3) is 4.75. The van der Waals surface area contributed by atoms with Gasteiger partial charge in [0.2, 0.25) is 5.13 Å². The van der Waals surface area contributed by atoms with Crippen molar-refractivity contribution in [3.63, 3.8) is 0 Å². The Morgan fingerprint density at radius 1 is 1.12 bits per heavy atom. The molecule has 1 aliphatic carbocycles. The molecular formula is C23H20Cl2N4O2S2. The molecule has 1 saturated heterocycles. The van der Waals surface area contributed by atoms with Crippen LogP contribution < -0.4 is 0 Å². The van der Waals surface area contributed by atoms with Crippen molar-refractivity contribution >= 4 is 68.6 Å². The van der Waals surface area contributed by atoms with Gasteiger partial charge in [0.25, 0.3) is 5.91 Å². The molecule has 0 N–H and O–H groups in total. The van der Waals surface area contributed by atoms with E-state index < -0.39 is 0 Å². The lowest BCUT2D eigenvalue weighted by Gasteiger charge is -2.30. The topological polar surface area (TPSA) is 71.6 Å². The molecule has 3 aromatic rings. The number of hydrogen-bond acceptors (Lipinski definition) is 7. The molecule has 2 aromatic heterocycles. The van der Waals surface area contributed by atoms with Gasteiger partial charge in [0.1, 0.15) is 16.5 Å². The molecule has 1 amide bonds. The minimum absolute atomic E-state index is 0.0550. The monoisotopic (exact) mass is 518 g/mol. The second kappa shape index (κ2) is 9.62. The molecule has 6 nitrogen and oxygen atoms in total. The molecule has 0 bridgehead atoms. The summed E-state index contributed by atoms with van der Waals surface area (Å²) >= 11 is 15.4. The normalized spacial score (nSPS) is 19.8. The highest BCUT2D eigenvalue weighted by Crippen LogP contribution is 2.40. The van der Waals surface area contributed by atoms with Gasteiger partial charge in [0.15, 0.2) is 5.17 Å². The fraction of sp³-hybridized carbons (Fsp3) is 0.304. The molecule has 1 saturated carbocycles. The summed E-state index contributed by atoms with van der Waals surface area (Å²) in [7, 11) is 0. The first-order chi connectivity index (χ1) is 16.0. The Hall–Kier alpha value is -2.13. The zero-order chi connectivity index (χ0) is 22.9. The van der Waals surface area contributed by atoms with Crippen molar-refractivity contribution in [2.24, 2.45) is 4.99 Å². The van der Waals surface area contributed by atoms with Crippen LogP contribution in [0, 0.1) is 6.92 Å². The summed E-state index contributed by atoms with van der Waals surface area (Å²) in [5.74, 6) is 1.05. The first-order valence-corrected chi connectivity index (χ1v) is 13.0. The fourth-order valence-corrected chi connectivity index (χ4v) is 6.29. The van der Waals surface area contributed by atoms with E-state index in [-0.39, 0.29) is 11.9 Å². The van der Waals surface area contributed by atoms with Gasteiger partial charge in [-0.05, 0) is 55.8 Å². The number of carbonyl (C=O) groups excluding carboxylic acids is 1. The Bertz CT molecular complexity index is 1240. The predicted octanol–water partition coefficient (Wildman–Crippen LogP) is 7.35. The van der Waals surface area contributed by atoms with Crippen molar-refractivity contribution in [3.8, 4) is 11.3 Å². The highest BCUT2D eigenvalue weighted by atomic mass is 35.5. The van der Waals surface area contributed by atoms with Gasteiger partial charge in [0, 0.05) is 12.1 Å². The molecule has 5 rings (SSSR count). The van der Waals surface area contributed by atoms with E-state index in [1.54, 1.807) is 24.3 Å². The molecule has 0 atom stereocenters. The first-order valence-electron chi connectivity index (χ1n) is 10.7. The van der Waals surface area contributed by atoms with Crippen molar-refractivity contribution in [2.75, 3.05) is 0 Å². The van der Waals surface area contributed by atoms with E-state index >= 15 is 0 Å². The van der Waals surface area contributed by atoms with E-state index in [1.807, 2.05) is 24.0 Å². The molecule has 1 aliphatic heterocycles. The number of nitrogens with zero attached hydrogens (tertiary/aromatic N) is 4. The van der Waals surface area contributed by atoms with Crippen LogP contribution in [-0.2, 0) is 4.79 Å². The Labute approximate surface area is 209 Å². The summed E-state index contributed by atoms with van der Waals surface area (Å²) in [6.07, 6.45) is 7.14. The average Bonchev–Trinajstić information content (AvgIpc) is 3.49. The molecule has 2 fully saturated rings. The minimum Gasteiger partial charge on any atom is -0.457 e. The maximum Gasteiger partial charge on any atom is 0.267 e. The first kappa shape index (κ1) is 22.7. The molecular weight excluding hydrogens is 499 g/mol. The van der Waals surface area contributed by atoms with Gasteiger partial charge < -0.3 is 4.42 Å². The van der Waals surface area contributed by atoms with E-state index in [2.05, 4.69) is 15.2 Å². The number of aromatic nitrogens is 2. The standard InChI is InChI=1S/C23H20Cl2N4O2S2/c1-13-27-28-22(32-13)26-23-29(14-6-3-2-4-7-14)21(30)19(33-23)12-15-10-11-18(31-15)20-16(24)8-5-9-17(20)25/h5,8-12,14H,2-4,6-7H2,1H3/b19-12+,26-23+. The second-order valence-electron chi connectivity index (χ2n) is 7.87. The number of carbonyl (C=O) groups is 1. The van der Waals surface area contributed by atoms with Crippen LogP contribution in [0.5, 0.6) is 0 Å². The van der Waals surface area contributed by atoms with Crippen molar-refractivity contribution in [3.05, 3.63) is 56.1 Å². The maximum atomic E-state index is 13.4. The third-order valence-corrected chi connectivity index (χ3v) is 7.94. The van der Waals surface area contributed by atoms with Crippen LogP contribution in [0.3, 0.4) is 0 Å². The van der Waals surface area contributed by atoms with Gasteiger partial charge in [-0.25, -0.2) is 0 Å². The average molecular weight is 519 g/mol. The van der Waals surface area contributed by atoms with Crippen LogP contribution in [0.25, 0.3) is 17.4 Å². The van der Waals surface area contributed by atoms with E-state index in [9.17, 15) is 4.79 Å². The Morgan fingerprint density at radius 3 is 2.58 bits per heavy atom. The van der Waals surface area contributed by atoms with Gasteiger partial charge in [0.05, 0.1) is 20.5 Å². The van der Waals surface area contributed by atoms with Crippen LogP contribution in [-0.4, -0.2) is 32.2 Å². The van der Waals surface area contributed by atoms with Crippen molar-refractivity contribution in [1.82, 2.24) is 15.1 Å². The highest BCUT2D eigenvalue weighted by Gasteiger charge is 2.39. The van der Waals surface area contributed by atoms with Crippen LogP contribution in [0.15, 0.2) is 44.6 Å². The van der Waals surface area contributed by atoms with E-state index in [0.29, 0.717) is 42.3 Å². The Morgan fingerprint density at radius 2 is 1.88 bits per heavy atom. The summed E-state index contributed by atoms with van der Waals surface area (Å²) in [5, 5.41) is 11.2. The Kier molecular flexibility index (Phi) is 6.60. The molecule has 1 aromatic carbocycles. The van der Waals surface area contributed by atoms with Crippen LogP contribution in [0.1, 0.15) is 42.9 Å². The molecule has 170 valence electrons. The predicted molar refractivity (Wildman–Crippen MR) is 135 cm³/mol. The van der Waals surface area contributed by atoms with Crippen LogP contribution >= 0.6 is 46.3 Å². The number of furan rings is 1. The van der Waals surface area contributed by atoms with E-state index in [1.165, 1.54) is 29.5 Å². The molecule has 0 radical (unpaired) electrons. The molecule has 33 heavy (non-hydrogen) atoms. The van der Waals surface area contributed by atoms with E-state index in [0.717, 1.165) is 30.7 Å². The lowest BCUT2D eigenvalue weighted by molar-refractivity contribution is -0.124. The summed E-state index contributed by atoms with van der Waals surface area (Å²) in [4.78, 5) is 20.5. The number of thioether (sulfide) groups is 1. The van der Waals surface area contributed by atoms with Gasteiger partial charge >= 0.3 is 0 Å². The molecule has 0 unspecified atom stereocenters. The number of benzene rings is 1. The summed E-state index contributed by atoms with van der Waals surface area (Å²) < 4.78 is 5.99. The number of halogens is 2. The smallest absolute Gasteiger partial charge is 0.267 e. The molecule has 3 heterocycles. The van der Waals surface area contributed by atoms with Gasteiger partial charge in [-0.15, -0.1) is 10.2 Å². The quantitative estimate of drug-likeness (QED) is 0.337. The minimum atomic E-state index is -0.0550. The third-order valence-electron chi connectivity index (χ3n) is 5.59. The van der Waals surface area contributed by atoms with Crippen LogP contribution in [0.4, 0.5) is 5.13 Å². The number of aryl methyl sites for hydroxylation is 1. The molecule has 0 spiro atoms. The zero-order valence-electron chi connectivity index (χ0n) is 17.8. The van der Waals surface area contributed by atoms with Crippen molar-refractivity contribution in [2.45, 2.75) is 45.1 Å². The maximum absolute atomic E-state index is 13.4. The lowest BCUT2D eigenvalue weighted by Crippen LogP contribution is -2.40. The number of amides is 1. The van der Waals surface area contributed by atoms with Gasteiger partial charge in [-0.3, -0.25) is 9.69 Å². The number of amidine groups is 1. The van der Waals surface area contributed by atoms with Gasteiger partial charge in [-0.1, -0.05) is 59.9 Å². The number of hydrogen-bond donors (Lipinski definition) is 0. The second-order valence-corrected chi connectivity index (χ2v) is 10.9. The highest BCUT2D eigenvalue weighted by molar-refractivity contribution is 8.18. The SMILES string of the molecule is Cc1nnc(/N=C2/S/C(=C/c3ccc(-c4c(Cl)cccc4Cl)o3)C(=O)N2C2CCCCC2)s1. The van der Waals surface area contributed by atoms with E-state index in [4.69, 9.17) is 27.6 Å². The van der Waals surface area contributed by atoms with Gasteiger partial charge in [-0.2, -0.15) is 4.99 Å². The lowest BCUT2D eigenvalue weighted by atomic mass is 9.94. The Balaban J connectivity index is 1.48. The van der Waals surface area contributed by atoms with Crippen molar-refractivity contribution in [1.29, 1.82) is 0 Å². The zero-order valence-corrected chi connectivity index (χ0v) is 20.9. The summed E-state index contributed by atoms with van der Waals surface area (Å²) in [5.41, 5.74) is 0.633. The largest absolute Gasteiger partial charge is 0.457 e. The number of aliphatic imine (C=N–C) groups is 1. The van der Waals surface area contributed by atoms with Crippen LogP contribution in [0.2, 0.25) is 10.0 Å². The fourth-order valence-electron chi connectivity index (χ4n) is 4.07. The summed E-state index contributed by atoms with van der Waals surface area (Å²) in [6.45, 7) is 1.89. The molecule has 10 heteroatoms. The number of rotatable bonds is 4. The molecule has 2 aliphatic rings. The summed E-state index contributed by atoms with van der Waals surface area (Å²) in [6, 6.07) is 9.07. The van der Waals surface area contributed by atoms with Crippen molar-refractivity contribution < 1.29 is 9.21 Å².